The summed E-state index contributed by atoms with van der Waals surface area (Å²) in [5.41, 5.74) is 2.10. The largest absolute Gasteiger partial charge is 0.380 e. The maximum Gasteiger partial charge on any atom is 0.264 e. The molecule has 0 saturated carbocycles. The molecule has 0 radical (unpaired) electrons. The second-order valence-electron chi connectivity index (χ2n) is 7.29. The van der Waals surface area contributed by atoms with E-state index < -0.39 is 0 Å². The number of benzene rings is 2. The monoisotopic (exact) mass is 425 g/mol. The third-order valence-electron chi connectivity index (χ3n) is 4.81. The lowest BCUT2D eigenvalue weighted by Crippen LogP contribution is -2.36. The molecule has 1 heterocycles. The van der Waals surface area contributed by atoms with E-state index in [9.17, 15) is 9.18 Å². The second-order valence-corrected chi connectivity index (χ2v) is 8.35. The van der Waals surface area contributed by atoms with Gasteiger partial charge in [0.05, 0.1) is 23.1 Å². The SMILES string of the molecule is COCc1c(C(=O)N(CCN(C)C)Cc2ccc(C#N)cc2)sc2cccc(F)c12. The van der Waals surface area contributed by atoms with Crippen LogP contribution in [0.15, 0.2) is 42.5 Å². The van der Waals surface area contributed by atoms with Crippen LogP contribution in [0.25, 0.3) is 10.1 Å². The molecule has 5 nitrogen and oxygen atoms in total. The standard InChI is InChI=1S/C23H24FN3O2S/c1-26(2)11-12-27(14-17-9-7-16(13-25)8-10-17)23(28)22-18(15-29-3)21-19(24)5-4-6-20(21)30-22/h4-10H,11-12,14-15H2,1-3H3. The van der Waals surface area contributed by atoms with Crippen molar-refractivity contribution in [2.24, 2.45) is 0 Å². The van der Waals surface area contributed by atoms with E-state index in [1.54, 1.807) is 30.2 Å². The van der Waals surface area contributed by atoms with Crippen LogP contribution in [0.4, 0.5) is 4.39 Å². The van der Waals surface area contributed by atoms with Gasteiger partial charge in [0.2, 0.25) is 0 Å². The number of methoxy groups -OCH3 is 1. The van der Waals surface area contributed by atoms with Gasteiger partial charge in [0.25, 0.3) is 5.91 Å². The number of halogens is 1. The summed E-state index contributed by atoms with van der Waals surface area (Å²) in [7, 11) is 5.45. The minimum Gasteiger partial charge on any atom is -0.380 e. The molecule has 2 aromatic carbocycles. The van der Waals surface area contributed by atoms with Gasteiger partial charge >= 0.3 is 0 Å². The van der Waals surface area contributed by atoms with Crippen molar-refractivity contribution in [3.8, 4) is 6.07 Å². The summed E-state index contributed by atoms with van der Waals surface area (Å²) in [6.45, 7) is 1.79. The number of nitriles is 1. The molecular formula is C23H24FN3O2S. The second kappa shape index (κ2) is 9.81. The van der Waals surface area contributed by atoms with Crippen LogP contribution >= 0.6 is 11.3 Å². The first-order valence-electron chi connectivity index (χ1n) is 9.56. The van der Waals surface area contributed by atoms with E-state index in [4.69, 9.17) is 10.00 Å². The predicted molar refractivity (Wildman–Crippen MR) is 117 cm³/mol. The summed E-state index contributed by atoms with van der Waals surface area (Å²) < 4.78 is 20.5. The molecule has 0 fully saturated rings. The Balaban J connectivity index is 1.98. The van der Waals surface area contributed by atoms with Gasteiger partial charge < -0.3 is 14.5 Å². The van der Waals surface area contributed by atoms with Crippen molar-refractivity contribution in [3.63, 3.8) is 0 Å². The van der Waals surface area contributed by atoms with Crippen LogP contribution in [0.1, 0.15) is 26.4 Å². The molecular weight excluding hydrogens is 401 g/mol. The van der Waals surface area contributed by atoms with Gasteiger partial charge in [-0.05, 0) is 43.9 Å². The average Bonchev–Trinajstić information content (AvgIpc) is 3.11. The molecule has 3 aromatic rings. The zero-order chi connectivity index (χ0) is 21.7. The van der Waals surface area contributed by atoms with E-state index in [0.29, 0.717) is 41.0 Å². The van der Waals surface area contributed by atoms with Crippen molar-refractivity contribution in [3.05, 3.63) is 69.8 Å². The van der Waals surface area contributed by atoms with Crippen LogP contribution in [0.2, 0.25) is 0 Å². The molecule has 0 spiro atoms. The number of nitrogens with zero attached hydrogens (tertiary/aromatic N) is 3. The Bertz CT molecular complexity index is 1070. The molecule has 1 amide bonds. The molecule has 1 aromatic heterocycles. The number of carbonyl (C=O) groups is 1. The first-order valence-corrected chi connectivity index (χ1v) is 10.4. The molecule has 0 aliphatic rings. The summed E-state index contributed by atoms with van der Waals surface area (Å²) in [6.07, 6.45) is 0. The number of rotatable bonds is 8. The van der Waals surface area contributed by atoms with Crippen LogP contribution in [0, 0.1) is 17.1 Å². The summed E-state index contributed by atoms with van der Waals surface area (Å²) in [5, 5.41) is 9.46. The molecule has 0 unspecified atom stereocenters. The first-order chi connectivity index (χ1) is 14.4. The van der Waals surface area contributed by atoms with Crippen molar-refractivity contribution >= 4 is 27.3 Å². The van der Waals surface area contributed by atoms with Gasteiger partial charge in [0, 0.05) is 42.4 Å². The molecule has 0 saturated heterocycles. The summed E-state index contributed by atoms with van der Waals surface area (Å²) >= 11 is 1.30. The number of likely N-dealkylation sites (N-methyl/N-ethyl adjacent to an activating group) is 1. The van der Waals surface area contributed by atoms with E-state index in [1.807, 2.05) is 37.2 Å². The number of thiophene rings is 1. The van der Waals surface area contributed by atoms with Crippen molar-refractivity contribution in [2.45, 2.75) is 13.2 Å². The zero-order valence-electron chi connectivity index (χ0n) is 17.3. The average molecular weight is 426 g/mol. The Hall–Kier alpha value is -2.79. The highest BCUT2D eigenvalue weighted by Gasteiger charge is 2.25. The van der Waals surface area contributed by atoms with E-state index >= 15 is 0 Å². The van der Waals surface area contributed by atoms with E-state index in [-0.39, 0.29) is 18.3 Å². The predicted octanol–water partition coefficient (Wildman–Crippen LogP) is 4.26. The van der Waals surface area contributed by atoms with Crippen molar-refractivity contribution < 1.29 is 13.9 Å². The Labute approximate surface area is 179 Å². The fourth-order valence-corrected chi connectivity index (χ4v) is 4.43. The van der Waals surface area contributed by atoms with Gasteiger partial charge in [0.15, 0.2) is 0 Å². The summed E-state index contributed by atoms with van der Waals surface area (Å²) in [5.74, 6) is -0.490. The van der Waals surface area contributed by atoms with Crippen molar-refractivity contribution in [2.75, 3.05) is 34.3 Å². The molecule has 3 rings (SSSR count). The van der Waals surface area contributed by atoms with Crippen LogP contribution < -0.4 is 0 Å². The highest BCUT2D eigenvalue weighted by molar-refractivity contribution is 7.21. The fourth-order valence-electron chi connectivity index (χ4n) is 3.24. The fraction of sp³-hybridized carbons (Fsp3) is 0.304. The Morgan fingerprint density at radius 2 is 1.90 bits per heavy atom. The van der Waals surface area contributed by atoms with Crippen molar-refractivity contribution in [1.29, 1.82) is 5.26 Å². The molecule has 0 atom stereocenters. The first kappa shape index (κ1) is 21.9. The lowest BCUT2D eigenvalue weighted by atomic mass is 10.1. The van der Waals surface area contributed by atoms with Gasteiger partial charge in [0.1, 0.15) is 5.82 Å². The smallest absolute Gasteiger partial charge is 0.264 e. The molecule has 0 N–H and O–H groups in total. The molecule has 0 bridgehead atoms. The Morgan fingerprint density at radius 3 is 2.53 bits per heavy atom. The lowest BCUT2D eigenvalue weighted by Gasteiger charge is -2.24. The minimum atomic E-state index is -0.346. The number of fused-ring (bicyclic) bond motifs is 1. The number of ether oxygens (including phenoxy) is 1. The van der Waals surface area contributed by atoms with Gasteiger partial charge in [-0.15, -0.1) is 11.3 Å². The van der Waals surface area contributed by atoms with Crippen molar-refractivity contribution in [1.82, 2.24) is 9.80 Å². The van der Waals surface area contributed by atoms with E-state index in [2.05, 4.69) is 6.07 Å². The third-order valence-corrected chi connectivity index (χ3v) is 5.99. The van der Waals surface area contributed by atoms with Gasteiger partial charge in [-0.25, -0.2) is 4.39 Å². The number of hydrogen-bond acceptors (Lipinski definition) is 5. The van der Waals surface area contributed by atoms with Crippen LogP contribution in [-0.2, 0) is 17.9 Å². The quantitative estimate of drug-likeness (QED) is 0.541. The van der Waals surface area contributed by atoms with Crippen LogP contribution in [0.3, 0.4) is 0 Å². The van der Waals surface area contributed by atoms with Gasteiger partial charge in [-0.3, -0.25) is 4.79 Å². The molecule has 0 aliphatic carbocycles. The van der Waals surface area contributed by atoms with Crippen LogP contribution in [-0.4, -0.2) is 50.0 Å². The molecule has 156 valence electrons. The molecule has 30 heavy (non-hydrogen) atoms. The van der Waals surface area contributed by atoms with E-state index in [1.165, 1.54) is 17.4 Å². The maximum atomic E-state index is 14.5. The highest BCUT2D eigenvalue weighted by atomic mass is 32.1. The minimum absolute atomic E-state index is 0.145. The van der Waals surface area contributed by atoms with E-state index in [0.717, 1.165) is 10.3 Å². The Kier molecular flexibility index (Phi) is 7.16. The number of amides is 1. The number of hydrogen-bond donors (Lipinski definition) is 0. The lowest BCUT2D eigenvalue weighted by molar-refractivity contribution is 0.0732. The van der Waals surface area contributed by atoms with Crippen LogP contribution in [0.5, 0.6) is 0 Å². The third kappa shape index (κ3) is 4.85. The zero-order valence-corrected chi connectivity index (χ0v) is 18.1. The molecule has 0 aliphatic heterocycles. The van der Waals surface area contributed by atoms with Gasteiger partial charge in [-0.2, -0.15) is 5.26 Å². The summed E-state index contributed by atoms with van der Waals surface area (Å²) in [6, 6.07) is 14.2. The van der Waals surface area contributed by atoms with Gasteiger partial charge in [-0.1, -0.05) is 18.2 Å². The molecule has 7 heteroatoms. The normalized spacial score (nSPS) is 11.1. The summed E-state index contributed by atoms with van der Waals surface area (Å²) in [4.78, 5) is 17.8. The highest BCUT2D eigenvalue weighted by Crippen LogP contribution is 2.34. The maximum absolute atomic E-state index is 14.5. The number of carbonyl (C=O) groups excluding carboxylic acids is 1. The Morgan fingerprint density at radius 1 is 1.17 bits per heavy atom. The topological polar surface area (TPSA) is 56.6 Å².